The number of guanidine groups is 1. The summed E-state index contributed by atoms with van der Waals surface area (Å²) in [7, 11) is 0. The molecule has 1 aromatic rings. The Labute approximate surface area is 131 Å². The number of ether oxygens (including phenoxy) is 1. The monoisotopic (exact) mass is 463 g/mol. The first-order chi connectivity index (χ1) is 7.58. The van der Waals surface area contributed by atoms with Gasteiger partial charge in [-0.05, 0) is 46.9 Å². The number of aliphatic hydroxyl groups is 1. The maximum Gasteiger partial charge on any atom is 0.186 e. The Hall–Kier alpha value is -0.290. The molecule has 0 radical (unpaired) electrons. The van der Waals surface area contributed by atoms with E-state index in [1.165, 1.54) is 0 Å². The summed E-state index contributed by atoms with van der Waals surface area (Å²) in [4.78, 5) is 3.69. The molecule has 0 saturated heterocycles. The van der Waals surface area contributed by atoms with Crippen LogP contribution >= 0.6 is 46.6 Å². The number of benzene rings is 1. The van der Waals surface area contributed by atoms with E-state index in [-0.39, 0.29) is 43.1 Å². The molecule has 5 nitrogen and oxygen atoms in total. The van der Waals surface area contributed by atoms with Gasteiger partial charge in [0.25, 0.3) is 0 Å². The van der Waals surface area contributed by atoms with Gasteiger partial charge < -0.3 is 21.3 Å². The van der Waals surface area contributed by atoms with Gasteiger partial charge >= 0.3 is 0 Å². The molecule has 0 aromatic heterocycles. The average Bonchev–Trinajstić information content (AvgIpc) is 2.25. The van der Waals surface area contributed by atoms with Crippen molar-refractivity contribution in [1.29, 1.82) is 0 Å². The van der Waals surface area contributed by atoms with Crippen LogP contribution in [0.25, 0.3) is 0 Å². The van der Waals surface area contributed by atoms with E-state index < -0.39 is 6.10 Å². The Balaban J connectivity index is 0.00000256. The van der Waals surface area contributed by atoms with Crippen LogP contribution in [0.2, 0.25) is 0 Å². The summed E-state index contributed by atoms with van der Waals surface area (Å²) in [6, 6.07) is 7.54. The number of rotatable bonds is 5. The van der Waals surface area contributed by atoms with Crippen molar-refractivity contribution in [2.45, 2.75) is 6.10 Å². The Bertz CT molecular complexity index is 353. The molecule has 0 fully saturated rings. The number of hydrogen-bond donors (Lipinski definition) is 3. The van der Waals surface area contributed by atoms with Crippen molar-refractivity contribution in [3.8, 4) is 5.75 Å². The van der Waals surface area contributed by atoms with Crippen LogP contribution in [0.15, 0.2) is 29.3 Å². The maximum absolute atomic E-state index is 9.47. The van der Waals surface area contributed by atoms with E-state index in [1.54, 1.807) is 0 Å². The SMILES string of the molecule is I.NC(N)=NCC(O)COc1ccc(I)cc1. The number of aliphatic imine (C=N–C) groups is 1. The van der Waals surface area contributed by atoms with Crippen LogP contribution in [-0.4, -0.2) is 30.3 Å². The summed E-state index contributed by atoms with van der Waals surface area (Å²) < 4.78 is 6.48. The van der Waals surface area contributed by atoms with Crippen LogP contribution in [0.1, 0.15) is 0 Å². The number of nitrogens with two attached hydrogens (primary N) is 2. The zero-order chi connectivity index (χ0) is 12.0. The molecule has 7 heteroatoms. The van der Waals surface area contributed by atoms with Gasteiger partial charge in [0.05, 0.1) is 6.54 Å². The van der Waals surface area contributed by atoms with E-state index in [9.17, 15) is 5.11 Å². The largest absolute Gasteiger partial charge is 0.491 e. The van der Waals surface area contributed by atoms with Crippen LogP contribution in [0.4, 0.5) is 0 Å². The van der Waals surface area contributed by atoms with Crippen molar-refractivity contribution < 1.29 is 9.84 Å². The zero-order valence-corrected chi connectivity index (χ0v) is 13.5. The quantitative estimate of drug-likeness (QED) is 0.344. The summed E-state index contributed by atoms with van der Waals surface area (Å²) in [5, 5.41) is 9.47. The lowest BCUT2D eigenvalue weighted by molar-refractivity contribution is 0.114. The summed E-state index contributed by atoms with van der Waals surface area (Å²) >= 11 is 2.21. The lowest BCUT2D eigenvalue weighted by atomic mass is 10.3. The summed E-state index contributed by atoms with van der Waals surface area (Å²) in [6.45, 7) is 0.310. The number of nitrogens with zero attached hydrogens (tertiary/aromatic N) is 1. The summed E-state index contributed by atoms with van der Waals surface area (Å²) in [5.41, 5.74) is 10.3. The highest BCUT2D eigenvalue weighted by molar-refractivity contribution is 14.1. The van der Waals surface area contributed by atoms with Crippen molar-refractivity contribution in [3.05, 3.63) is 27.8 Å². The standard InChI is InChI=1S/C10H14IN3O2.HI/c11-7-1-3-9(4-2-7)16-6-8(15)5-14-10(12)13;/h1-4,8,15H,5-6H2,(H4,12,13,14);1H. The fourth-order valence-corrected chi connectivity index (χ4v) is 1.35. The van der Waals surface area contributed by atoms with E-state index >= 15 is 0 Å². The molecule has 1 rings (SSSR count). The Morgan fingerprint density at radius 2 is 1.94 bits per heavy atom. The average molecular weight is 463 g/mol. The van der Waals surface area contributed by atoms with Crippen LogP contribution in [0.3, 0.4) is 0 Å². The smallest absolute Gasteiger partial charge is 0.186 e. The summed E-state index contributed by atoms with van der Waals surface area (Å²) in [6.07, 6.45) is -0.707. The van der Waals surface area contributed by atoms with Gasteiger partial charge in [-0.15, -0.1) is 24.0 Å². The third-order valence-corrected chi connectivity index (χ3v) is 2.46. The molecule has 0 bridgehead atoms. The molecular formula is C10H15I2N3O2. The minimum absolute atomic E-state index is 0. The normalized spacial score (nSPS) is 11.2. The van der Waals surface area contributed by atoms with Gasteiger partial charge in [0.1, 0.15) is 18.5 Å². The number of halogens is 2. The molecule has 0 aliphatic rings. The Morgan fingerprint density at radius 1 is 1.35 bits per heavy atom. The van der Waals surface area contributed by atoms with Gasteiger partial charge in [-0.2, -0.15) is 0 Å². The molecular weight excluding hydrogens is 448 g/mol. The molecule has 5 N–H and O–H groups in total. The van der Waals surface area contributed by atoms with Gasteiger partial charge in [-0.1, -0.05) is 0 Å². The van der Waals surface area contributed by atoms with Gasteiger partial charge in [0.15, 0.2) is 5.96 Å². The first-order valence-corrected chi connectivity index (χ1v) is 5.77. The first kappa shape index (κ1) is 16.7. The minimum atomic E-state index is -0.707. The highest BCUT2D eigenvalue weighted by Gasteiger charge is 2.04. The molecule has 0 aliphatic heterocycles. The first-order valence-electron chi connectivity index (χ1n) is 4.70. The fourth-order valence-electron chi connectivity index (χ4n) is 0.987. The van der Waals surface area contributed by atoms with E-state index in [0.717, 1.165) is 3.57 Å². The topological polar surface area (TPSA) is 93.9 Å². The second-order valence-corrected chi connectivity index (χ2v) is 4.43. The zero-order valence-electron chi connectivity index (χ0n) is 9.04. The van der Waals surface area contributed by atoms with Gasteiger partial charge in [-0.3, -0.25) is 4.99 Å². The molecule has 1 atom stereocenters. The molecule has 1 unspecified atom stereocenters. The molecule has 0 spiro atoms. The lowest BCUT2D eigenvalue weighted by Crippen LogP contribution is -2.27. The van der Waals surface area contributed by atoms with Crippen LogP contribution < -0.4 is 16.2 Å². The molecule has 17 heavy (non-hydrogen) atoms. The predicted octanol–water partition coefficient (Wildman–Crippen LogP) is 0.922. The third-order valence-electron chi connectivity index (χ3n) is 1.74. The number of aliphatic hydroxyl groups excluding tert-OH is 1. The highest BCUT2D eigenvalue weighted by Crippen LogP contribution is 2.13. The van der Waals surface area contributed by atoms with E-state index in [2.05, 4.69) is 27.6 Å². The van der Waals surface area contributed by atoms with Crippen LogP contribution in [-0.2, 0) is 0 Å². The molecule has 0 amide bonds. The van der Waals surface area contributed by atoms with Crippen LogP contribution in [0.5, 0.6) is 5.75 Å². The van der Waals surface area contributed by atoms with Crippen molar-refractivity contribution >= 4 is 52.5 Å². The molecule has 0 saturated carbocycles. The Kier molecular flexibility index (Phi) is 8.60. The van der Waals surface area contributed by atoms with Crippen molar-refractivity contribution in [3.63, 3.8) is 0 Å². The van der Waals surface area contributed by atoms with Crippen molar-refractivity contribution in [2.24, 2.45) is 16.5 Å². The number of hydrogen-bond acceptors (Lipinski definition) is 3. The van der Waals surface area contributed by atoms with E-state index in [1.807, 2.05) is 24.3 Å². The third kappa shape index (κ3) is 7.60. The van der Waals surface area contributed by atoms with E-state index in [4.69, 9.17) is 16.2 Å². The molecule has 0 aliphatic carbocycles. The molecule has 1 aromatic carbocycles. The predicted molar refractivity (Wildman–Crippen MR) is 86.8 cm³/mol. The summed E-state index contributed by atoms with van der Waals surface area (Å²) in [5.74, 6) is 0.678. The maximum atomic E-state index is 9.47. The fraction of sp³-hybridized carbons (Fsp3) is 0.300. The second kappa shape index (κ2) is 8.75. The minimum Gasteiger partial charge on any atom is -0.491 e. The second-order valence-electron chi connectivity index (χ2n) is 3.18. The molecule has 96 valence electrons. The van der Waals surface area contributed by atoms with E-state index in [0.29, 0.717) is 5.75 Å². The lowest BCUT2D eigenvalue weighted by Gasteiger charge is -2.10. The van der Waals surface area contributed by atoms with Gasteiger partial charge in [0.2, 0.25) is 0 Å². The van der Waals surface area contributed by atoms with Crippen LogP contribution in [0, 0.1) is 3.57 Å². The van der Waals surface area contributed by atoms with Gasteiger partial charge in [-0.25, -0.2) is 0 Å². The van der Waals surface area contributed by atoms with Gasteiger partial charge in [0, 0.05) is 3.57 Å². The van der Waals surface area contributed by atoms with Crippen molar-refractivity contribution in [2.75, 3.05) is 13.2 Å². The Morgan fingerprint density at radius 3 is 2.47 bits per heavy atom. The highest BCUT2D eigenvalue weighted by atomic mass is 127. The van der Waals surface area contributed by atoms with Crippen molar-refractivity contribution in [1.82, 2.24) is 0 Å². The molecule has 0 heterocycles.